The highest BCUT2D eigenvalue weighted by molar-refractivity contribution is 6.05. The Morgan fingerprint density at radius 3 is 2.73 bits per heavy atom. The molecule has 150 valence electrons. The smallest absolute Gasteiger partial charge is 0.257 e. The quantitative estimate of drug-likeness (QED) is 0.560. The minimum absolute atomic E-state index is 0.231. The summed E-state index contributed by atoms with van der Waals surface area (Å²) in [5.74, 6) is 1.71. The fourth-order valence-electron chi connectivity index (χ4n) is 3.43. The van der Waals surface area contributed by atoms with Crippen molar-refractivity contribution >= 4 is 28.3 Å². The first-order valence-corrected chi connectivity index (χ1v) is 9.65. The molecular weight excluding hydrogens is 382 g/mol. The molecule has 4 aromatic rings. The van der Waals surface area contributed by atoms with Gasteiger partial charge >= 0.3 is 0 Å². The van der Waals surface area contributed by atoms with Crippen LogP contribution in [0, 0.1) is 0 Å². The van der Waals surface area contributed by atoms with E-state index >= 15 is 0 Å². The number of nitrogens with zero attached hydrogens (tertiary/aromatic N) is 4. The normalized spacial score (nSPS) is 14.1. The second-order valence-electron chi connectivity index (χ2n) is 6.95. The summed E-state index contributed by atoms with van der Waals surface area (Å²) in [5, 5.41) is 4.79. The molecule has 1 saturated heterocycles. The second kappa shape index (κ2) is 7.92. The molecule has 1 aliphatic rings. The van der Waals surface area contributed by atoms with Crippen LogP contribution < -0.4 is 10.2 Å². The van der Waals surface area contributed by atoms with Gasteiger partial charge in [-0.25, -0.2) is 15.0 Å². The van der Waals surface area contributed by atoms with Gasteiger partial charge in [0, 0.05) is 42.0 Å². The number of rotatable bonds is 4. The molecule has 0 spiro atoms. The highest BCUT2D eigenvalue weighted by Gasteiger charge is 2.15. The number of carbonyl (C=O) groups is 1. The number of morpholine rings is 1. The van der Waals surface area contributed by atoms with E-state index < -0.39 is 0 Å². The summed E-state index contributed by atoms with van der Waals surface area (Å²) in [6, 6.07) is 11.2. The van der Waals surface area contributed by atoms with Crippen LogP contribution in [0.25, 0.3) is 22.1 Å². The van der Waals surface area contributed by atoms with Gasteiger partial charge in [-0.05, 0) is 29.7 Å². The number of fused-ring (bicyclic) bond motifs is 1. The van der Waals surface area contributed by atoms with E-state index in [1.807, 2.05) is 24.3 Å². The van der Waals surface area contributed by atoms with Crippen LogP contribution in [0.4, 0.5) is 11.6 Å². The molecule has 30 heavy (non-hydrogen) atoms. The summed E-state index contributed by atoms with van der Waals surface area (Å²) < 4.78 is 10.7. The average Bonchev–Trinajstić information content (AvgIpc) is 3.34. The van der Waals surface area contributed by atoms with Crippen molar-refractivity contribution in [3.63, 3.8) is 0 Å². The summed E-state index contributed by atoms with van der Waals surface area (Å²) in [6.45, 7) is 2.85. The van der Waals surface area contributed by atoms with E-state index in [2.05, 4.69) is 25.2 Å². The largest absolute Gasteiger partial charge is 0.444 e. The van der Waals surface area contributed by atoms with E-state index in [9.17, 15) is 4.79 Å². The van der Waals surface area contributed by atoms with Crippen LogP contribution >= 0.6 is 0 Å². The topological polar surface area (TPSA) is 93.4 Å². The van der Waals surface area contributed by atoms with Crippen molar-refractivity contribution in [1.29, 1.82) is 0 Å². The van der Waals surface area contributed by atoms with E-state index in [-0.39, 0.29) is 5.91 Å². The molecule has 1 aromatic carbocycles. The molecule has 8 nitrogen and oxygen atoms in total. The van der Waals surface area contributed by atoms with Gasteiger partial charge in [-0.3, -0.25) is 4.79 Å². The van der Waals surface area contributed by atoms with Crippen molar-refractivity contribution in [2.75, 3.05) is 36.5 Å². The molecule has 8 heteroatoms. The fraction of sp³-hybridized carbons (Fsp3) is 0.182. The van der Waals surface area contributed by atoms with Gasteiger partial charge in [0.25, 0.3) is 5.91 Å². The number of aromatic nitrogens is 3. The maximum absolute atomic E-state index is 12.8. The molecule has 1 N–H and O–H groups in total. The summed E-state index contributed by atoms with van der Waals surface area (Å²) in [7, 11) is 0. The standard InChI is InChI=1S/C22H19N5O3/c28-22(16-3-4-24-21(11-16)27-5-7-29-8-6-27)26-20-10-18-9-15(19-13-23-14-30-19)1-2-17(18)12-25-20/h1-4,9-14H,5-8H2,(H,25,26,28). The number of hydrogen-bond donors (Lipinski definition) is 1. The highest BCUT2D eigenvalue weighted by atomic mass is 16.5. The first kappa shape index (κ1) is 18.3. The lowest BCUT2D eigenvalue weighted by molar-refractivity contribution is 0.102. The number of ether oxygens (including phenoxy) is 1. The Morgan fingerprint density at radius 1 is 1.00 bits per heavy atom. The molecule has 1 amide bonds. The van der Waals surface area contributed by atoms with E-state index in [0.717, 1.165) is 35.2 Å². The monoisotopic (exact) mass is 401 g/mol. The molecule has 1 fully saturated rings. The van der Waals surface area contributed by atoms with E-state index in [4.69, 9.17) is 9.15 Å². The van der Waals surface area contributed by atoms with Gasteiger partial charge in [0.15, 0.2) is 12.2 Å². The maximum atomic E-state index is 12.8. The fourth-order valence-corrected chi connectivity index (χ4v) is 3.43. The molecule has 5 rings (SSSR count). The van der Waals surface area contributed by atoms with Gasteiger partial charge in [0.05, 0.1) is 19.4 Å². The maximum Gasteiger partial charge on any atom is 0.257 e. The van der Waals surface area contributed by atoms with Gasteiger partial charge in [0.2, 0.25) is 0 Å². The van der Waals surface area contributed by atoms with E-state index in [0.29, 0.717) is 30.4 Å². The zero-order chi connectivity index (χ0) is 20.3. The van der Waals surface area contributed by atoms with E-state index in [1.54, 1.807) is 30.7 Å². The van der Waals surface area contributed by atoms with Gasteiger partial charge in [0.1, 0.15) is 11.6 Å². The summed E-state index contributed by atoms with van der Waals surface area (Å²) >= 11 is 0. The highest BCUT2D eigenvalue weighted by Crippen LogP contribution is 2.25. The van der Waals surface area contributed by atoms with Crippen molar-refractivity contribution in [3.05, 3.63) is 66.9 Å². The Kier molecular flexibility index (Phi) is 4.82. The Hall–Kier alpha value is -3.78. The van der Waals surface area contributed by atoms with Crippen LogP contribution in [-0.2, 0) is 4.74 Å². The third-order valence-electron chi connectivity index (χ3n) is 5.02. The minimum Gasteiger partial charge on any atom is -0.444 e. The number of anilines is 2. The number of hydrogen-bond acceptors (Lipinski definition) is 7. The van der Waals surface area contributed by atoms with Crippen LogP contribution in [-0.4, -0.2) is 47.2 Å². The Bertz CT molecular complexity index is 1190. The second-order valence-corrected chi connectivity index (χ2v) is 6.95. The van der Waals surface area contributed by atoms with Crippen LogP contribution in [0.1, 0.15) is 10.4 Å². The first-order chi connectivity index (χ1) is 14.8. The van der Waals surface area contributed by atoms with Gasteiger partial charge < -0.3 is 19.4 Å². The predicted octanol–water partition coefficient (Wildman–Crippen LogP) is 3.37. The molecule has 0 bridgehead atoms. The first-order valence-electron chi connectivity index (χ1n) is 9.65. The summed E-state index contributed by atoms with van der Waals surface area (Å²) in [4.78, 5) is 27.6. The van der Waals surface area contributed by atoms with Crippen LogP contribution in [0.5, 0.6) is 0 Å². The molecule has 0 saturated carbocycles. The SMILES string of the molecule is O=C(Nc1cc2cc(-c3cnco3)ccc2cn1)c1ccnc(N2CCOCC2)c1. The average molecular weight is 401 g/mol. The lowest BCUT2D eigenvalue weighted by atomic mass is 10.1. The van der Waals surface area contributed by atoms with Crippen molar-refractivity contribution in [1.82, 2.24) is 15.0 Å². The lowest BCUT2D eigenvalue weighted by Gasteiger charge is -2.27. The predicted molar refractivity (Wildman–Crippen MR) is 112 cm³/mol. The number of amides is 1. The molecule has 0 atom stereocenters. The Morgan fingerprint density at radius 2 is 1.90 bits per heavy atom. The third-order valence-corrected chi connectivity index (χ3v) is 5.02. The number of pyridine rings is 2. The molecular formula is C22H19N5O3. The van der Waals surface area contributed by atoms with Gasteiger partial charge in [-0.1, -0.05) is 12.1 Å². The van der Waals surface area contributed by atoms with Crippen molar-refractivity contribution < 1.29 is 13.9 Å². The molecule has 0 unspecified atom stereocenters. The Labute approximate surface area is 172 Å². The molecule has 4 heterocycles. The van der Waals surface area contributed by atoms with Crippen LogP contribution in [0.15, 0.2) is 65.8 Å². The van der Waals surface area contributed by atoms with Crippen LogP contribution in [0.2, 0.25) is 0 Å². The number of carbonyl (C=O) groups excluding carboxylic acids is 1. The Balaban J connectivity index is 1.37. The molecule has 0 radical (unpaired) electrons. The minimum atomic E-state index is -0.231. The molecule has 1 aliphatic heterocycles. The zero-order valence-electron chi connectivity index (χ0n) is 16.1. The van der Waals surface area contributed by atoms with Gasteiger partial charge in [-0.15, -0.1) is 0 Å². The number of oxazole rings is 1. The third kappa shape index (κ3) is 3.72. The molecule has 0 aliphatic carbocycles. The van der Waals surface area contributed by atoms with Crippen molar-refractivity contribution in [2.45, 2.75) is 0 Å². The summed E-state index contributed by atoms with van der Waals surface area (Å²) in [5.41, 5.74) is 1.44. The van der Waals surface area contributed by atoms with Crippen molar-refractivity contribution in [2.24, 2.45) is 0 Å². The summed E-state index contributed by atoms with van der Waals surface area (Å²) in [6.07, 6.45) is 6.45. The molecule has 3 aromatic heterocycles. The zero-order valence-corrected chi connectivity index (χ0v) is 16.1. The van der Waals surface area contributed by atoms with Crippen LogP contribution in [0.3, 0.4) is 0 Å². The number of nitrogens with one attached hydrogen (secondary N) is 1. The van der Waals surface area contributed by atoms with E-state index in [1.165, 1.54) is 6.39 Å². The van der Waals surface area contributed by atoms with Gasteiger partial charge in [-0.2, -0.15) is 0 Å². The lowest BCUT2D eigenvalue weighted by Crippen LogP contribution is -2.36. The number of benzene rings is 1. The van der Waals surface area contributed by atoms with Crippen molar-refractivity contribution in [3.8, 4) is 11.3 Å².